The van der Waals surface area contributed by atoms with Gasteiger partial charge in [-0.15, -0.1) is 5.10 Å². The zero-order chi connectivity index (χ0) is 22.8. The van der Waals surface area contributed by atoms with Crippen LogP contribution in [0.15, 0.2) is 36.5 Å². The van der Waals surface area contributed by atoms with Crippen molar-refractivity contribution in [3.8, 4) is 17.6 Å². The Hall–Kier alpha value is -3.58. The number of pyridine rings is 1. The standard InChI is InChI=1S/C21H17ClF2N6O2/c1-11(27-20(31)14-6-15(22)8-16(7-14)32-21(23)24)19-28-18(13-3-4-13)29-30(19)17-5-2-12(9-25)10-26-17/h2,5-8,10-11,13,21H,3-4H2,1H3,(H,27,31)/t11-/m0/s1. The van der Waals surface area contributed by atoms with Crippen molar-refractivity contribution in [2.75, 3.05) is 0 Å². The van der Waals surface area contributed by atoms with Crippen LogP contribution in [0.5, 0.6) is 5.75 Å². The number of amides is 1. The van der Waals surface area contributed by atoms with Gasteiger partial charge in [0.2, 0.25) is 0 Å². The average Bonchev–Trinajstić information content (AvgIpc) is 3.51. The molecule has 1 atom stereocenters. The predicted molar refractivity (Wildman–Crippen MR) is 110 cm³/mol. The molecule has 2 heterocycles. The minimum absolute atomic E-state index is 0.0602. The summed E-state index contributed by atoms with van der Waals surface area (Å²) in [6.45, 7) is -1.32. The second-order valence-electron chi connectivity index (χ2n) is 7.28. The second kappa shape index (κ2) is 8.88. The molecule has 1 aliphatic rings. The third kappa shape index (κ3) is 4.84. The van der Waals surface area contributed by atoms with Crippen LogP contribution in [-0.4, -0.2) is 32.3 Å². The number of carbonyl (C=O) groups excluding carboxylic acids is 1. The number of hydrogen-bond acceptors (Lipinski definition) is 6. The summed E-state index contributed by atoms with van der Waals surface area (Å²) in [7, 11) is 0. The Bertz CT molecular complexity index is 1190. The number of hydrogen-bond donors (Lipinski definition) is 1. The van der Waals surface area contributed by atoms with Crippen molar-refractivity contribution < 1.29 is 18.3 Å². The van der Waals surface area contributed by atoms with Gasteiger partial charge in [-0.2, -0.15) is 18.7 Å². The van der Waals surface area contributed by atoms with E-state index in [0.29, 0.717) is 23.0 Å². The summed E-state index contributed by atoms with van der Waals surface area (Å²) in [5.74, 6) is 1.06. The SMILES string of the molecule is C[C@H](NC(=O)c1cc(Cl)cc(OC(F)F)c1)c1nc(C2CC2)nn1-c1ccc(C#N)cn1. The highest BCUT2D eigenvalue weighted by Gasteiger charge is 2.31. The van der Waals surface area contributed by atoms with E-state index in [9.17, 15) is 13.6 Å². The summed E-state index contributed by atoms with van der Waals surface area (Å²) < 4.78 is 31.0. The third-order valence-electron chi connectivity index (χ3n) is 4.78. The van der Waals surface area contributed by atoms with E-state index in [4.69, 9.17) is 16.9 Å². The fourth-order valence-corrected chi connectivity index (χ4v) is 3.32. The van der Waals surface area contributed by atoms with E-state index in [1.807, 2.05) is 6.07 Å². The summed E-state index contributed by atoms with van der Waals surface area (Å²) in [6.07, 6.45) is 3.40. The number of carbonyl (C=O) groups is 1. The second-order valence-corrected chi connectivity index (χ2v) is 7.72. The monoisotopic (exact) mass is 458 g/mol. The van der Waals surface area contributed by atoms with Crippen LogP contribution in [-0.2, 0) is 0 Å². The first-order valence-electron chi connectivity index (χ1n) is 9.73. The van der Waals surface area contributed by atoms with E-state index < -0.39 is 18.6 Å². The van der Waals surface area contributed by atoms with E-state index in [-0.39, 0.29) is 22.3 Å². The summed E-state index contributed by atoms with van der Waals surface area (Å²) >= 11 is 5.94. The number of nitrogens with one attached hydrogen (secondary N) is 1. The molecule has 1 fully saturated rings. The first-order valence-corrected chi connectivity index (χ1v) is 10.1. The van der Waals surface area contributed by atoms with E-state index in [1.54, 1.807) is 19.1 Å². The first kappa shape index (κ1) is 21.6. The van der Waals surface area contributed by atoms with Crippen LogP contribution in [0.4, 0.5) is 8.78 Å². The van der Waals surface area contributed by atoms with E-state index in [1.165, 1.54) is 29.1 Å². The normalized spacial score (nSPS) is 14.1. The van der Waals surface area contributed by atoms with Gasteiger partial charge in [0.1, 0.15) is 11.8 Å². The number of ether oxygens (including phenoxy) is 1. The van der Waals surface area contributed by atoms with Gasteiger partial charge in [0.05, 0.1) is 11.6 Å². The van der Waals surface area contributed by atoms with Crippen LogP contribution >= 0.6 is 11.6 Å². The number of benzene rings is 1. The van der Waals surface area contributed by atoms with E-state index in [2.05, 4.69) is 25.1 Å². The Kier molecular flexibility index (Phi) is 6.01. The van der Waals surface area contributed by atoms with Crippen molar-refractivity contribution in [3.05, 3.63) is 64.3 Å². The summed E-state index contributed by atoms with van der Waals surface area (Å²) in [5.41, 5.74) is 0.465. The van der Waals surface area contributed by atoms with Gasteiger partial charge in [-0.3, -0.25) is 4.79 Å². The first-order chi connectivity index (χ1) is 15.3. The van der Waals surface area contributed by atoms with Gasteiger partial charge < -0.3 is 10.1 Å². The lowest BCUT2D eigenvalue weighted by atomic mass is 10.2. The Balaban J connectivity index is 1.60. The summed E-state index contributed by atoms with van der Waals surface area (Å²) in [6, 6.07) is 8.40. The third-order valence-corrected chi connectivity index (χ3v) is 5.00. The van der Waals surface area contributed by atoms with Gasteiger partial charge in [0.25, 0.3) is 5.91 Å². The summed E-state index contributed by atoms with van der Waals surface area (Å²) in [4.78, 5) is 21.6. The molecule has 1 aliphatic carbocycles. The van der Waals surface area contributed by atoms with Crippen molar-refractivity contribution in [2.24, 2.45) is 0 Å². The molecule has 0 unspecified atom stereocenters. The minimum Gasteiger partial charge on any atom is -0.435 e. The molecule has 2 aromatic heterocycles. The molecule has 11 heteroatoms. The minimum atomic E-state index is -3.04. The maximum absolute atomic E-state index is 12.8. The molecule has 164 valence electrons. The molecule has 1 aromatic carbocycles. The van der Waals surface area contributed by atoms with E-state index in [0.717, 1.165) is 12.8 Å². The smallest absolute Gasteiger partial charge is 0.387 e. The average molecular weight is 459 g/mol. The Morgan fingerprint density at radius 2 is 2.12 bits per heavy atom. The van der Waals surface area contributed by atoms with Gasteiger partial charge in [-0.25, -0.2) is 9.97 Å². The Morgan fingerprint density at radius 3 is 2.75 bits per heavy atom. The molecule has 1 amide bonds. The molecule has 1 N–H and O–H groups in total. The highest BCUT2D eigenvalue weighted by atomic mass is 35.5. The lowest BCUT2D eigenvalue weighted by Gasteiger charge is -2.15. The Labute approximate surface area is 186 Å². The fraction of sp³-hybridized carbons (Fsp3) is 0.286. The molecule has 0 saturated heterocycles. The van der Waals surface area contributed by atoms with Gasteiger partial charge in [0.15, 0.2) is 17.5 Å². The number of halogens is 3. The largest absolute Gasteiger partial charge is 0.435 e. The predicted octanol–water partition coefficient (Wildman–Crippen LogP) is 4.16. The van der Waals surface area contributed by atoms with Crippen LogP contribution in [0, 0.1) is 11.3 Å². The molecule has 0 aliphatic heterocycles. The number of alkyl halides is 2. The zero-order valence-electron chi connectivity index (χ0n) is 16.8. The van der Waals surface area contributed by atoms with Crippen LogP contribution < -0.4 is 10.1 Å². The molecule has 0 radical (unpaired) electrons. The van der Waals surface area contributed by atoms with Crippen molar-refractivity contribution >= 4 is 17.5 Å². The van der Waals surface area contributed by atoms with Crippen molar-refractivity contribution in [2.45, 2.75) is 38.3 Å². The van der Waals surface area contributed by atoms with Crippen molar-refractivity contribution in [1.29, 1.82) is 5.26 Å². The molecule has 0 bridgehead atoms. The topological polar surface area (TPSA) is 106 Å². The molecular formula is C21H17ClF2N6O2. The van der Waals surface area contributed by atoms with Gasteiger partial charge in [-0.05, 0) is 50.1 Å². The maximum atomic E-state index is 12.8. The van der Waals surface area contributed by atoms with Crippen LogP contribution in [0.1, 0.15) is 59.3 Å². The van der Waals surface area contributed by atoms with Gasteiger partial charge >= 0.3 is 6.61 Å². The lowest BCUT2D eigenvalue weighted by molar-refractivity contribution is -0.0498. The summed E-state index contributed by atoms with van der Waals surface area (Å²) in [5, 5.41) is 16.4. The molecule has 1 saturated carbocycles. The van der Waals surface area contributed by atoms with Crippen LogP contribution in [0.2, 0.25) is 5.02 Å². The lowest BCUT2D eigenvalue weighted by Crippen LogP contribution is -2.29. The maximum Gasteiger partial charge on any atom is 0.387 e. The van der Waals surface area contributed by atoms with Crippen molar-refractivity contribution in [1.82, 2.24) is 25.1 Å². The van der Waals surface area contributed by atoms with Crippen LogP contribution in [0.25, 0.3) is 5.82 Å². The van der Waals surface area contributed by atoms with Gasteiger partial charge in [-0.1, -0.05) is 11.6 Å². The Morgan fingerprint density at radius 1 is 1.34 bits per heavy atom. The van der Waals surface area contributed by atoms with Crippen molar-refractivity contribution in [3.63, 3.8) is 0 Å². The number of rotatable bonds is 7. The van der Waals surface area contributed by atoms with Crippen LogP contribution in [0.3, 0.4) is 0 Å². The molecule has 0 spiro atoms. The molecular weight excluding hydrogens is 442 g/mol. The molecule has 4 rings (SSSR count). The van der Waals surface area contributed by atoms with E-state index >= 15 is 0 Å². The zero-order valence-corrected chi connectivity index (χ0v) is 17.6. The van der Waals surface area contributed by atoms with Gasteiger partial charge in [0, 0.05) is 22.7 Å². The fourth-order valence-electron chi connectivity index (χ4n) is 3.09. The highest BCUT2D eigenvalue weighted by molar-refractivity contribution is 6.31. The number of aromatic nitrogens is 4. The number of nitrogens with zero attached hydrogens (tertiary/aromatic N) is 5. The number of nitriles is 1. The molecule has 32 heavy (non-hydrogen) atoms. The molecule has 3 aromatic rings. The quantitative estimate of drug-likeness (QED) is 0.570. The highest BCUT2D eigenvalue weighted by Crippen LogP contribution is 2.38. The molecule has 8 nitrogen and oxygen atoms in total.